The first-order chi connectivity index (χ1) is 7.33. The standard InChI is InChI=1S/C12H15NO2/c13-9-4-10-15-12(14)8-7-11-5-2-1-3-6-11/h1-3,5-8H,4,9-10,13H2/p+1/b8-7+. The van der Waals surface area contributed by atoms with Gasteiger partial charge in [-0.15, -0.1) is 0 Å². The molecule has 3 heteroatoms. The number of benzene rings is 1. The fraction of sp³-hybridized carbons (Fsp3) is 0.250. The first kappa shape index (κ1) is 11.5. The van der Waals surface area contributed by atoms with Crippen molar-refractivity contribution in [2.24, 2.45) is 0 Å². The van der Waals surface area contributed by atoms with Crippen molar-refractivity contribution in [1.82, 2.24) is 0 Å². The maximum absolute atomic E-state index is 11.2. The molecular weight excluding hydrogens is 190 g/mol. The summed E-state index contributed by atoms with van der Waals surface area (Å²) in [6.07, 6.45) is 4.00. The molecule has 0 saturated carbocycles. The lowest BCUT2D eigenvalue weighted by Crippen LogP contribution is -2.50. The molecular formula is C12H16NO2+. The highest BCUT2D eigenvalue weighted by atomic mass is 16.5. The second kappa shape index (κ2) is 6.79. The summed E-state index contributed by atoms with van der Waals surface area (Å²) in [5.41, 5.74) is 4.66. The molecule has 0 aliphatic carbocycles. The molecule has 3 N–H and O–H groups in total. The largest absolute Gasteiger partial charge is 0.462 e. The van der Waals surface area contributed by atoms with Crippen molar-refractivity contribution in [2.45, 2.75) is 6.42 Å². The highest BCUT2D eigenvalue weighted by Crippen LogP contribution is 2.00. The number of rotatable bonds is 5. The number of quaternary nitrogens is 1. The van der Waals surface area contributed by atoms with Crippen LogP contribution in [0.3, 0.4) is 0 Å². The number of carbonyl (C=O) groups is 1. The van der Waals surface area contributed by atoms with E-state index >= 15 is 0 Å². The monoisotopic (exact) mass is 206 g/mol. The van der Waals surface area contributed by atoms with E-state index < -0.39 is 0 Å². The Morgan fingerprint density at radius 2 is 2.07 bits per heavy atom. The maximum atomic E-state index is 11.2. The molecule has 0 fully saturated rings. The Hall–Kier alpha value is -1.61. The lowest BCUT2D eigenvalue weighted by Gasteiger charge is -1.98. The molecule has 80 valence electrons. The molecule has 0 aliphatic rings. The van der Waals surface area contributed by atoms with Crippen LogP contribution in [-0.4, -0.2) is 19.1 Å². The summed E-state index contributed by atoms with van der Waals surface area (Å²) in [6.45, 7) is 1.23. The number of ether oxygens (including phenoxy) is 1. The van der Waals surface area contributed by atoms with Crippen LogP contribution < -0.4 is 5.73 Å². The van der Waals surface area contributed by atoms with Gasteiger partial charge in [0.25, 0.3) is 0 Å². The zero-order chi connectivity index (χ0) is 10.9. The molecule has 0 spiro atoms. The van der Waals surface area contributed by atoms with E-state index in [0.29, 0.717) is 6.61 Å². The van der Waals surface area contributed by atoms with Crippen LogP contribution >= 0.6 is 0 Å². The second-order valence-corrected chi connectivity index (χ2v) is 3.12. The predicted octanol–water partition coefficient (Wildman–Crippen LogP) is 0.875. The first-order valence-electron chi connectivity index (χ1n) is 5.02. The zero-order valence-corrected chi connectivity index (χ0v) is 8.69. The van der Waals surface area contributed by atoms with Gasteiger partial charge in [0.1, 0.15) is 0 Å². The molecule has 1 aromatic rings. The van der Waals surface area contributed by atoms with E-state index in [4.69, 9.17) is 4.74 Å². The molecule has 0 atom stereocenters. The zero-order valence-electron chi connectivity index (χ0n) is 8.69. The van der Waals surface area contributed by atoms with E-state index in [1.807, 2.05) is 30.3 Å². The number of esters is 1. The molecule has 15 heavy (non-hydrogen) atoms. The molecule has 0 aliphatic heterocycles. The summed E-state index contributed by atoms with van der Waals surface area (Å²) in [5, 5.41) is 0. The quantitative estimate of drug-likeness (QED) is 0.441. The molecule has 1 rings (SSSR count). The lowest BCUT2D eigenvalue weighted by atomic mass is 10.2. The van der Waals surface area contributed by atoms with Gasteiger partial charge in [-0.3, -0.25) is 0 Å². The van der Waals surface area contributed by atoms with Gasteiger partial charge in [-0.1, -0.05) is 30.3 Å². The third kappa shape index (κ3) is 4.98. The van der Waals surface area contributed by atoms with Gasteiger partial charge in [0, 0.05) is 12.5 Å². The Morgan fingerprint density at radius 3 is 2.73 bits per heavy atom. The summed E-state index contributed by atoms with van der Waals surface area (Å²) >= 11 is 0. The van der Waals surface area contributed by atoms with Gasteiger partial charge in [-0.05, 0) is 11.6 Å². The topological polar surface area (TPSA) is 53.9 Å². The molecule has 0 radical (unpaired) electrons. The fourth-order valence-electron chi connectivity index (χ4n) is 1.05. The van der Waals surface area contributed by atoms with Gasteiger partial charge in [-0.25, -0.2) is 4.79 Å². The Labute approximate surface area is 89.5 Å². The van der Waals surface area contributed by atoms with Crippen molar-refractivity contribution in [1.29, 1.82) is 0 Å². The minimum Gasteiger partial charge on any atom is -0.462 e. The molecule has 0 aromatic heterocycles. The summed E-state index contributed by atoms with van der Waals surface area (Å²) in [5.74, 6) is -0.299. The third-order valence-electron chi connectivity index (χ3n) is 1.85. The smallest absolute Gasteiger partial charge is 0.330 e. The third-order valence-corrected chi connectivity index (χ3v) is 1.85. The predicted molar refractivity (Wildman–Crippen MR) is 58.8 cm³/mol. The number of hydrogen-bond donors (Lipinski definition) is 1. The summed E-state index contributed by atoms with van der Waals surface area (Å²) < 4.78 is 4.94. The van der Waals surface area contributed by atoms with Crippen molar-refractivity contribution in [3.8, 4) is 0 Å². The molecule has 0 amide bonds. The fourth-order valence-corrected chi connectivity index (χ4v) is 1.05. The Morgan fingerprint density at radius 1 is 1.33 bits per heavy atom. The molecule has 0 bridgehead atoms. The van der Waals surface area contributed by atoms with Crippen molar-refractivity contribution in [3.05, 3.63) is 42.0 Å². The van der Waals surface area contributed by atoms with E-state index in [2.05, 4.69) is 5.73 Å². The summed E-state index contributed by atoms with van der Waals surface area (Å²) in [7, 11) is 0. The second-order valence-electron chi connectivity index (χ2n) is 3.12. The van der Waals surface area contributed by atoms with Crippen LogP contribution in [0.2, 0.25) is 0 Å². The van der Waals surface area contributed by atoms with Crippen LogP contribution in [0, 0.1) is 0 Å². The Balaban J connectivity index is 2.34. The van der Waals surface area contributed by atoms with Crippen LogP contribution in [0.25, 0.3) is 6.08 Å². The molecule has 1 aromatic carbocycles. The van der Waals surface area contributed by atoms with Crippen molar-refractivity contribution < 1.29 is 15.3 Å². The van der Waals surface area contributed by atoms with E-state index in [1.54, 1.807) is 6.08 Å². The van der Waals surface area contributed by atoms with Gasteiger partial charge in [0.15, 0.2) is 0 Å². The molecule has 0 unspecified atom stereocenters. The average molecular weight is 206 g/mol. The molecule has 0 saturated heterocycles. The van der Waals surface area contributed by atoms with Gasteiger partial charge >= 0.3 is 5.97 Å². The molecule has 3 nitrogen and oxygen atoms in total. The van der Waals surface area contributed by atoms with Gasteiger partial charge in [0.2, 0.25) is 0 Å². The summed E-state index contributed by atoms with van der Waals surface area (Å²) in [6, 6.07) is 9.64. The SMILES string of the molecule is [NH3+]CCCOC(=O)/C=C/c1ccccc1. The average Bonchev–Trinajstić information content (AvgIpc) is 2.28. The van der Waals surface area contributed by atoms with Gasteiger partial charge in [-0.2, -0.15) is 0 Å². The van der Waals surface area contributed by atoms with E-state index in [1.165, 1.54) is 6.08 Å². The van der Waals surface area contributed by atoms with Crippen molar-refractivity contribution >= 4 is 12.0 Å². The van der Waals surface area contributed by atoms with Crippen LogP contribution in [-0.2, 0) is 9.53 Å². The number of hydrogen-bond acceptors (Lipinski definition) is 2. The van der Waals surface area contributed by atoms with Crippen LogP contribution in [0.15, 0.2) is 36.4 Å². The van der Waals surface area contributed by atoms with E-state index in [9.17, 15) is 4.79 Å². The molecule has 0 heterocycles. The normalized spacial score (nSPS) is 10.5. The minimum absolute atomic E-state index is 0.299. The van der Waals surface area contributed by atoms with E-state index in [-0.39, 0.29) is 5.97 Å². The number of carbonyl (C=O) groups excluding carboxylic acids is 1. The maximum Gasteiger partial charge on any atom is 0.330 e. The lowest BCUT2D eigenvalue weighted by molar-refractivity contribution is -0.369. The van der Waals surface area contributed by atoms with Crippen LogP contribution in [0.1, 0.15) is 12.0 Å². The Kier molecular flexibility index (Phi) is 5.19. The van der Waals surface area contributed by atoms with Gasteiger partial charge < -0.3 is 10.5 Å². The van der Waals surface area contributed by atoms with Crippen molar-refractivity contribution in [3.63, 3.8) is 0 Å². The summed E-state index contributed by atoms with van der Waals surface area (Å²) in [4.78, 5) is 11.2. The highest BCUT2D eigenvalue weighted by Gasteiger charge is 1.95. The minimum atomic E-state index is -0.299. The first-order valence-corrected chi connectivity index (χ1v) is 5.02. The van der Waals surface area contributed by atoms with E-state index in [0.717, 1.165) is 18.5 Å². The van der Waals surface area contributed by atoms with Gasteiger partial charge in [0.05, 0.1) is 13.2 Å². The van der Waals surface area contributed by atoms with Crippen LogP contribution in [0.4, 0.5) is 0 Å². The van der Waals surface area contributed by atoms with Crippen LogP contribution in [0.5, 0.6) is 0 Å². The van der Waals surface area contributed by atoms with Crippen molar-refractivity contribution in [2.75, 3.05) is 13.2 Å². The highest BCUT2D eigenvalue weighted by molar-refractivity contribution is 5.86. The Bertz CT molecular complexity index is 320.